The minimum atomic E-state index is -3.63. The number of nitrogens with zero attached hydrogens (tertiary/aromatic N) is 2. The second-order valence-electron chi connectivity index (χ2n) is 3.29. The number of aromatic amines is 1. The van der Waals surface area contributed by atoms with E-state index >= 15 is 0 Å². The van der Waals surface area contributed by atoms with Crippen molar-refractivity contribution in [1.82, 2.24) is 9.29 Å². The van der Waals surface area contributed by atoms with Crippen molar-refractivity contribution in [1.29, 1.82) is 5.26 Å². The van der Waals surface area contributed by atoms with Crippen LogP contribution in [0.2, 0.25) is 0 Å². The van der Waals surface area contributed by atoms with Gasteiger partial charge in [-0.15, -0.1) is 0 Å². The molecule has 0 spiro atoms. The molecule has 0 bridgehead atoms. The van der Waals surface area contributed by atoms with E-state index in [1.807, 2.05) is 6.07 Å². The summed E-state index contributed by atoms with van der Waals surface area (Å²) in [7, 11) is -3.63. The van der Waals surface area contributed by atoms with Gasteiger partial charge in [0, 0.05) is 31.8 Å². The van der Waals surface area contributed by atoms with E-state index in [1.165, 1.54) is 10.4 Å². The van der Waals surface area contributed by atoms with E-state index in [1.54, 1.807) is 6.92 Å². The Balaban J connectivity index is 3.04. The Morgan fingerprint density at radius 3 is 2.65 bits per heavy atom. The quantitative estimate of drug-likeness (QED) is 0.818. The third-order valence-electron chi connectivity index (χ3n) is 2.22. The van der Waals surface area contributed by atoms with Gasteiger partial charge in [0.2, 0.25) is 15.6 Å². The summed E-state index contributed by atoms with van der Waals surface area (Å²) in [5, 5.41) is 8.46. The van der Waals surface area contributed by atoms with Crippen molar-refractivity contribution in [2.24, 2.45) is 0 Å². The lowest BCUT2D eigenvalue weighted by Crippen LogP contribution is -2.32. The highest BCUT2D eigenvalue weighted by atomic mass is 32.2. The molecule has 0 unspecified atom stereocenters. The Kier molecular flexibility index (Phi) is 4.43. The molecule has 0 aromatic carbocycles. The lowest BCUT2D eigenvalue weighted by Gasteiger charge is -2.18. The van der Waals surface area contributed by atoms with E-state index in [9.17, 15) is 13.2 Å². The van der Waals surface area contributed by atoms with Gasteiger partial charge in [-0.3, -0.25) is 4.79 Å². The number of hydrogen-bond donors (Lipinski definition) is 1. The lowest BCUT2D eigenvalue weighted by molar-refractivity contribution is 0.434. The molecule has 0 amide bonds. The van der Waals surface area contributed by atoms with Gasteiger partial charge in [-0.2, -0.15) is 9.57 Å². The summed E-state index contributed by atoms with van der Waals surface area (Å²) in [6.07, 6.45) is 1.29. The number of sulfonamides is 1. The van der Waals surface area contributed by atoms with E-state index in [0.29, 0.717) is 0 Å². The highest BCUT2D eigenvalue weighted by molar-refractivity contribution is 7.89. The zero-order valence-electron chi connectivity index (χ0n) is 9.38. The first kappa shape index (κ1) is 13.4. The van der Waals surface area contributed by atoms with E-state index < -0.39 is 10.0 Å². The predicted octanol–water partition coefficient (Wildman–Crippen LogP) is 0.299. The fourth-order valence-electron chi connectivity index (χ4n) is 1.33. The van der Waals surface area contributed by atoms with Gasteiger partial charge >= 0.3 is 0 Å². The zero-order chi connectivity index (χ0) is 12.9. The third kappa shape index (κ3) is 3.15. The summed E-state index contributed by atoms with van der Waals surface area (Å²) in [5.41, 5.74) is -0.357. The van der Waals surface area contributed by atoms with Gasteiger partial charge in [0.25, 0.3) is 0 Å². The summed E-state index contributed by atoms with van der Waals surface area (Å²) in [5.74, 6) is 0. The average molecular weight is 255 g/mol. The minimum absolute atomic E-state index is 0.0249. The first-order valence-electron chi connectivity index (χ1n) is 5.08. The number of nitriles is 1. The first-order chi connectivity index (χ1) is 8.02. The second-order valence-corrected chi connectivity index (χ2v) is 5.23. The van der Waals surface area contributed by atoms with E-state index in [-0.39, 0.29) is 30.0 Å². The topological polar surface area (TPSA) is 94.0 Å². The number of pyridine rings is 1. The molecule has 1 rings (SSSR count). The van der Waals surface area contributed by atoms with Gasteiger partial charge in [0.15, 0.2) is 0 Å². The molecule has 1 heterocycles. The summed E-state index contributed by atoms with van der Waals surface area (Å²) in [6, 6.07) is 4.31. The van der Waals surface area contributed by atoms with Gasteiger partial charge < -0.3 is 4.98 Å². The number of rotatable bonds is 5. The van der Waals surface area contributed by atoms with Crippen molar-refractivity contribution < 1.29 is 8.42 Å². The molecule has 0 saturated carbocycles. The van der Waals surface area contributed by atoms with E-state index in [4.69, 9.17) is 5.26 Å². The van der Waals surface area contributed by atoms with Crippen molar-refractivity contribution in [2.75, 3.05) is 13.1 Å². The molecule has 92 valence electrons. The molecule has 0 aliphatic carbocycles. The van der Waals surface area contributed by atoms with Crippen molar-refractivity contribution in [3.63, 3.8) is 0 Å². The van der Waals surface area contributed by atoms with Crippen LogP contribution in [0.15, 0.2) is 28.0 Å². The van der Waals surface area contributed by atoms with Gasteiger partial charge in [-0.1, -0.05) is 6.92 Å². The molecule has 0 saturated heterocycles. The molecule has 1 N–H and O–H groups in total. The molecule has 0 aliphatic heterocycles. The molecular weight excluding hydrogens is 242 g/mol. The fraction of sp³-hybridized carbons (Fsp3) is 0.400. The smallest absolute Gasteiger partial charge is 0.247 e. The van der Waals surface area contributed by atoms with Crippen LogP contribution in [-0.2, 0) is 10.0 Å². The summed E-state index contributed by atoms with van der Waals surface area (Å²) in [4.78, 5) is 13.2. The second kappa shape index (κ2) is 5.61. The summed E-state index contributed by atoms with van der Waals surface area (Å²) >= 11 is 0. The third-order valence-corrected chi connectivity index (χ3v) is 4.19. The van der Waals surface area contributed by atoms with E-state index in [0.717, 1.165) is 12.3 Å². The Labute approximate surface area is 99.6 Å². The largest absolute Gasteiger partial charge is 0.328 e. The standard InChI is InChI=1S/C10H13N3O3S/c1-2-13(7-3-6-11)17(15,16)9-4-5-10(14)12-8-9/h4-5,8H,2-3,7H2,1H3,(H,12,14). The Hall–Kier alpha value is -1.65. The summed E-state index contributed by atoms with van der Waals surface area (Å²) < 4.78 is 25.3. The first-order valence-corrected chi connectivity index (χ1v) is 6.52. The number of aromatic nitrogens is 1. The number of hydrogen-bond acceptors (Lipinski definition) is 4. The molecule has 7 heteroatoms. The predicted molar refractivity (Wildman–Crippen MR) is 61.7 cm³/mol. The fourth-order valence-corrected chi connectivity index (χ4v) is 2.75. The molecule has 0 atom stereocenters. The monoisotopic (exact) mass is 255 g/mol. The Bertz CT molecular complexity index is 551. The molecule has 1 aromatic heterocycles. The summed E-state index contributed by atoms with van der Waals surface area (Å²) in [6.45, 7) is 2.12. The minimum Gasteiger partial charge on any atom is -0.328 e. The molecular formula is C10H13N3O3S. The number of H-pyrrole nitrogens is 1. The highest BCUT2D eigenvalue weighted by Crippen LogP contribution is 2.13. The van der Waals surface area contributed by atoms with Crippen molar-refractivity contribution >= 4 is 10.0 Å². The van der Waals surface area contributed by atoms with Crippen molar-refractivity contribution in [2.45, 2.75) is 18.2 Å². The maximum absolute atomic E-state index is 12.1. The van der Waals surface area contributed by atoms with Crippen LogP contribution in [0.25, 0.3) is 0 Å². The van der Waals surface area contributed by atoms with Crippen LogP contribution >= 0.6 is 0 Å². The maximum Gasteiger partial charge on any atom is 0.247 e. The molecule has 0 aliphatic rings. The normalized spacial score (nSPS) is 11.4. The van der Waals surface area contributed by atoms with Gasteiger partial charge in [-0.05, 0) is 6.07 Å². The Morgan fingerprint density at radius 1 is 1.47 bits per heavy atom. The van der Waals surface area contributed by atoms with Crippen molar-refractivity contribution in [3.8, 4) is 6.07 Å². The maximum atomic E-state index is 12.1. The van der Waals surface area contributed by atoms with Crippen LogP contribution in [0.4, 0.5) is 0 Å². The molecule has 6 nitrogen and oxygen atoms in total. The lowest BCUT2D eigenvalue weighted by atomic mass is 10.5. The molecule has 1 aromatic rings. The van der Waals surface area contributed by atoms with Crippen LogP contribution in [0.3, 0.4) is 0 Å². The molecule has 0 fully saturated rings. The highest BCUT2D eigenvalue weighted by Gasteiger charge is 2.22. The number of nitrogens with one attached hydrogen (secondary N) is 1. The van der Waals surface area contributed by atoms with Crippen LogP contribution in [0.1, 0.15) is 13.3 Å². The van der Waals surface area contributed by atoms with E-state index in [2.05, 4.69) is 4.98 Å². The molecule has 17 heavy (non-hydrogen) atoms. The van der Waals surface area contributed by atoms with Crippen LogP contribution < -0.4 is 5.56 Å². The zero-order valence-corrected chi connectivity index (χ0v) is 10.2. The Morgan fingerprint density at radius 2 is 2.18 bits per heavy atom. The SMILES string of the molecule is CCN(CCC#N)S(=O)(=O)c1ccc(=O)[nH]c1. The van der Waals surface area contributed by atoms with Crippen LogP contribution in [0.5, 0.6) is 0 Å². The molecule has 0 radical (unpaired) electrons. The van der Waals surface area contributed by atoms with Crippen molar-refractivity contribution in [3.05, 3.63) is 28.7 Å². The van der Waals surface area contributed by atoms with Gasteiger partial charge in [0.05, 0.1) is 11.0 Å². The van der Waals surface area contributed by atoms with Crippen LogP contribution in [-0.4, -0.2) is 30.8 Å². The van der Waals surface area contributed by atoms with Crippen LogP contribution in [0, 0.1) is 11.3 Å². The van der Waals surface area contributed by atoms with Gasteiger partial charge in [0.1, 0.15) is 0 Å². The average Bonchev–Trinajstić information content (AvgIpc) is 2.30. The van der Waals surface area contributed by atoms with Gasteiger partial charge in [-0.25, -0.2) is 8.42 Å².